The molecule has 1 aromatic carbocycles. The number of halogens is 1. The monoisotopic (exact) mass is 267 g/mol. The molecule has 1 aromatic rings. The fourth-order valence-electron chi connectivity index (χ4n) is 2.39. The highest BCUT2D eigenvalue weighted by Crippen LogP contribution is 2.24. The molecular formula is C14H18ClNO2. The molecule has 2 N–H and O–H groups in total. The maximum Gasteiger partial charge on any atom is 0.224 e. The summed E-state index contributed by atoms with van der Waals surface area (Å²) in [5, 5.41) is 13.0. The summed E-state index contributed by atoms with van der Waals surface area (Å²) >= 11 is 5.87. The topological polar surface area (TPSA) is 49.3 Å². The van der Waals surface area contributed by atoms with Gasteiger partial charge in [0.25, 0.3) is 0 Å². The van der Waals surface area contributed by atoms with Crippen molar-refractivity contribution >= 4 is 17.5 Å². The summed E-state index contributed by atoms with van der Waals surface area (Å²) in [6.45, 7) is 0.663. The molecule has 1 saturated carbocycles. The highest BCUT2D eigenvalue weighted by molar-refractivity contribution is 6.30. The van der Waals surface area contributed by atoms with Crippen molar-refractivity contribution in [2.24, 2.45) is 5.92 Å². The molecule has 18 heavy (non-hydrogen) atoms. The number of aliphatic hydroxyl groups is 1. The van der Waals surface area contributed by atoms with Gasteiger partial charge in [0.15, 0.2) is 0 Å². The van der Waals surface area contributed by atoms with Gasteiger partial charge in [-0.2, -0.15) is 0 Å². The van der Waals surface area contributed by atoms with Gasteiger partial charge >= 0.3 is 0 Å². The third-order valence-electron chi connectivity index (χ3n) is 3.36. The summed E-state index contributed by atoms with van der Waals surface area (Å²) in [6.07, 6.45) is 2.83. The molecule has 2 atom stereocenters. The van der Waals surface area contributed by atoms with Gasteiger partial charge in [0.05, 0.1) is 12.5 Å². The Morgan fingerprint density at radius 3 is 2.94 bits per heavy atom. The minimum atomic E-state index is -0.181. The van der Waals surface area contributed by atoms with Crippen molar-refractivity contribution in [1.29, 1.82) is 0 Å². The van der Waals surface area contributed by atoms with Gasteiger partial charge in [-0.1, -0.05) is 23.7 Å². The van der Waals surface area contributed by atoms with Crippen LogP contribution in [0.2, 0.25) is 5.02 Å². The molecule has 0 aliphatic heterocycles. The molecule has 0 radical (unpaired) electrons. The van der Waals surface area contributed by atoms with Crippen LogP contribution < -0.4 is 5.32 Å². The van der Waals surface area contributed by atoms with Crippen LogP contribution in [-0.4, -0.2) is 23.7 Å². The van der Waals surface area contributed by atoms with Crippen molar-refractivity contribution < 1.29 is 9.90 Å². The van der Waals surface area contributed by atoms with Crippen LogP contribution in [0, 0.1) is 5.92 Å². The lowest BCUT2D eigenvalue weighted by Gasteiger charge is -2.11. The van der Waals surface area contributed by atoms with Crippen LogP contribution in [0.4, 0.5) is 0 Å². The second kappa shape index (κ2) is 6.21. The lowest BCUT2D eigenvalue weighted by Crippen LogP contribution is -2.29. The predicted octanol–water partition coefficient (Wildman–Crippen LogP) is 2.16. The van der Waals surface area contributed by atoms with E-state index >= 15 is 0 Å². The van der Waals surface area contributed by atoms with E-state index < -0.39 is 0 Å². The Kier molecular flexibility index (Phi) is 4.61. The number of nitrogens with one attached hydrogen (secondary N) is 1. The Morgan fingerprint density at radius 2 is 2.28 bits per heavy atom. The van der Waals surface area contributed by atoms with E-state index in [-0.39, 0.29) is 12.0 Å². The van der Waals surface area contributed by atoms with Gasteiger partial charge in [-0.05, 0) is 42.9 Å². The molecule has 2 unspecified atom stereocenters. The molecule has 1 aliphatic rings. The highest BCUT2D eigenvalue weighted by Gasteiger charge is 2.22. The van der Waals surface area contributed by atoms with Crippen LogP contribution >= 0.6 is 11.6 Å². The van der Waals surface area contributed by atoms with Crippen molar-refractivity contribution in [3.63, 3.8) is 0 Å². The van der Waals surface area contributed by atoms with E-state index in [1.807, 2.05) is 12.1 Å². The van der Waals surface area contributed by atoms with Gasteiger partial charge in [-0.25, -0.2) is 0 Å². The van der Waals surface area contributed by atoms with E-state index in [1.165, 1.54) is 0 Å². The van der Waals surface area contributed by atoms with E-state index in [2.05, 4.69) is 5.32 Å². The molecule has 0 spiro atoms. The number of aliphatic hydroxyl groups excluding tert-OH is 1. The lowest BCUT2D eigenvalue weighted by atomic mass is 10.1. The highest BCUT2D eigenvalue weighted by atomic mass is 35.5. The average Bonchev–Trinajstić information content (AvgIpc) is 2.73. The number of hydrogen-bond donors (Lipinski definition) is 2. The zero-order chi connectivity index (χ0) is 13.0. The number of carbonyl (C=O) groups excluding carboxylic acids is 1. The number of carbonyl (C=O) groups is 1. The Labute approximate surface area is 112 Å². The van der Waals surface area contributed by atoms with Gasteiger partial charge < -0.3 is 10.4 Å². The van der Waals surface area contributed by atoms with E-state index in [9.17, 15) is 9.90 Å². The van der Waals surface area contributed by atoms with Crippen molar-refractivity contribution in [2.75, 3.05) is 6.54 Å². The number of amides is 1. The van der Waals surface area contributed by atoms with E-state index in [4.69, 9.17) is 11.6 Å². The summed E-state index contributed by atoms with van der Waals surface area (Å²) in [4.78, 5) is 11.7. The second-order valence-corrected chi connectivity index (χ2v) is 5.38. The second-order valence-electron chi connectivity index (χ2n) is 4.94. The predicted molar refractivity (Wildman–Crippen MR) is 71.5 cm³/mol. The fourth-order valence-corrected chi connectivity index (χ4v) is 2.60. The quantitative estimate of drug-likeness (QED) is 0.878. The summed E-state index contributed by atoms with van der Waals surface area (Å²) < 4.78 is 0. The first-order valence-corrected chi connectivity index (χ1v) is 6.70. The fraction of sp³-hybridized carbons (Fsp3) is 0.500. The van der Waals surface area contributed by atoms with Crippen LogP contribution in [0.3, 0.4) is 0 Å². The Morgan fingerprint density at radius 1 is 1.44 bits per heavy atom. The molecule has 0 heterocycles. The van der Waals surface area contributed by atoms with Gasteiger partial charge in [-0.15, -0.1) is 0 Å². The van der Waals surface area contributed by atoms with Crippen molar-refractivity contribution in [3.05, 3.63) is 34.9 Å². The average molecular weight is 268 g/mol. The van der Waals surface area contributed by atoms with Gasteiger partial charge in [-0.3, -0.25) is 4.79 Å². The number of benzene rings is 1. The van der Waals surface area contributed by atoms with Crippen LogP contribution in [0.5, 0.6) is 0 Å². The molecule has 1 fully saturated rings. The molecule has 2 rings (SSSR count). The lowest BCUT2D eigenvalue weighted by molar-refractivity contribution is -0.120. The van der Waals surface area contributed by atoms with Crippen LogP contribution in [0.15, 0.2) is 24.3 Å². The maximum absolute atomic E-state index is 11.7. The zero-order valence-electron chi connectivity index (χ0n) is 10.2. The largest absolute Gasteiger partial charge is 0.393 e. The molecule has 1 aliphatic carbocycles. The Balaban J connectivity index is 1.75. The van der Waals surface area contributed by atoms with Crippen LogP contribution in [-0.2, 0) is 11.2 Å². The minimum Gasteiger partial charge on any atom is -0.393 e. The number of hydrogen-bond acceptors (Lipinski definition) is 2. The molecular weight excluding hydrogens is 250 g/mol. The zero-order valence-corrected chi connectivity index (χ0v) is 11.0. The molecule has 4 heteroatoms. The summed E-state index contributed by atoms with van der Waals surface area (Å²) in [5.41, 5.74) is 0.923. The standard InChI is InChI=1S/C14H18ClNO2/c15-12-3-1-2-10(6-12)8-14(18)16-9-11-4-5-13(17)7-11/h1-3,6,11,13,17H,4-5,7-9H2,(H,16,18). The number of rotatable bonds is 4. The molecule has 0 bridgehead atoms. The van der Waals surface area contributed by atoms with E-state index in [1.54, 1.807) is 12.1 Å². The van der Waals surface area contributed by atoms with Crippen LogP contribution in [0.1, 0.15) is 24.8 Å². The van der Waals surface area contributed by atoms with Gasteiger partial charge in [0.2, 0.25) is 5.91 Å². The smallest absolute Gasteiger partial charge is 0.224 e. The molecule has 0 saturated heterocycles. The maximum atomic E-state index is 11.7. The van der Waals surface area contributed by atoms with Crippen molar-refractivity contribution in [3.8, 4) is 0 Å². The third kappa shape index (κ3) is 4.00. The summed E-state index contributed by atoms with van der Waals surface area (Å²) in [5.74, 6) is 0.432. The third-order valence-corrected chi connectivity index (χ3v) is 3.59. The molecule has 98 valence electrons. The van der Waals surface area contributed by atoms with Crippen LogP contribution in [0.25, 0.3) is 0 Å². The first kappa shape index (κ1) is 13.4. The minimum absolute atomic E-state index is 0.0126. The SMILES string of the molecule is O=C(Cc1cccc(Cl)c1)NCC1CCC(O)C1. The first-order chi connectivity index (χ1) is 8.63. The van der Waals surface area contributed by atoms with E-state index in [0.717, 1.165) is 24.8 Å². The van der Waals surface area contributed by atoms with Crippen molar-refractivity contribution in [1.82, 2.24) is 5.32 Å². The van der Waals surface area contributed by atoms with Gasteiger partial charge in [0, 0.05) is 11.6 Å². The van der Waals surface area contributed by atoms with Gasteiger partial charge in [0.1, 0.15) is 0 Å². The van der Waals surface area contributed by atoms with Crippen molar-refractivity contribution in [2.45, 2.75) is 31.8 Å². The summed E-state index contributed by atoms with van der Waals surface area (Å²) in [7, 11) is 0. The Hall–Kier alpha value is -1.06. The molecule has 3 nitrogen and oxygen atoms in total. The molecule has 1 amide bonds. The van der Waals surface area contributed by atoms with E-state index in [0.29, 0.717) is 23.9 Å². The Bertz CT molecular complexity index is 422. The summed E-state index contributed by atoms with van der Waals surface area (Å²) in [6, 6.07) is 7.34. The molecule has 0 aromatic heterocycles. The normalized spacial score (nSPS) is 23.0. The first-order valence-electron chi connectivity index (χ1n) is 6.32.